The van der Waals surface area contributed by atoms with Crippen LogP contribution in [0.5, 0.6) is 11.5 Å². The molecule has 3 rings (SSSR count). The number of nitrogens with one attached hydrogen (secondary N) is 1. The molecular weight excluding hydrogens is 542 g/mol. The lowest BCUT2D eigenvalue weighted by atomic mass is 10.1. The van der Waals surface area contributed by atoms with Gasteiger partial charge in [0.15, 0.2) is 0 Å². The lowest BCUT2D eigenvalue weighted by Gasteiger charge is -2.31. The summed E-state index contributed by atoms with van der Waals surface area (Å²) in [6.07, 6.45) is 1.05. The zero-order valence-corrected chi connectivity index (χ0v) is 25.1. The highest BCUT2D eigenvalue weighted by Gasteiger charge is 2.30. The molecule has 0 aliphatic carbocycles. The van der Waals surface area contributed by atoms with Crippen molar-refractivity contribution in [3.05, 3.63) is 90.0 Å². The van der Waals surface area contributed by atoms with Gasteiger partial charge in [0.25, 0.3) is 0 Å². The van der Waals surface area contributed by atoms with Gasteiger partial charge in [-0.05, 0) is 60.4 Å². The van der Waals surface area contributed by atoms with E-state index in [0.29, 0.717) is 30.3 Å². The van der Waals surface area contributed by atoms with Gasteiger partial charge in [0.05, 0.1) is 19.1 Å². The van der Waals surface area contributed by atoms with Gasteiger partial charge < -0.3 is 19.7 Å². The van der Waals surface area contributed by atoms with Crippen LogP contribution in [-0.4, -0.2) is 57.6 Å². The van der Waals surface area contributed by atoms with Crippen LogP contribution >= 0.6 is 0 Å². The molecule has 3 aromatic rings. The molecule has 0 aromatic heterocycles. The zero-order chi connectivity index (χ0) is 30.0. The highest BCUT2D eigenvalue weighted by atomic mass is 32.2. The Labute approximate surface area is 243 Å². The van der Waals surface area contributed by atoms with E-state index in [1.165, 1.54) is 4.90 Å². The van der Waals surface area contributed by atoms with Crippen molar-refractivity contribution in [3.63, 3.8) is 0 Å². The summed E-state index contributed by atoms with van der Waals surface area (Å²) in [4.78, 5) is 28.1. The molecule has 220 valence electrons. The highest BCUT2D eigenvalue weighted by molar-refractivity contribution is 7.92. The molecule has 0 aliphatic rings. The van der Waals surface area contributed by atoms with Gasteiger partial charge in [0.1, 0.15) is 30.7 Å². The van der Waals surface area contributed by atoms with E-state index in [1.54, 1.807) is 56.5 Å². The largest absolute Gasteiger partial charge is 0.497 e. The lowest BCUT2D eigenvalue weighted by Crippen LogP contribution is -2.51. The van der Waals surface area contributed by atoms with Crippen LogP contribution in [0.4, 0.5) is 5.69 Å². The second-order valence-electron chi connectivity index (χ2n) is 10.2. The van der Waals surface area contributed by atoms with Crippen LogP contribution in [0.15, 0.2) is 78.9 Å². The Morgan fingerprint density at radius 1 is 0.878 bits per heavy atom. The molecule has 0 bridgehead atoms. The summed E-state index contributed by atoms with van der Waals surface area (Å²) in [5, 5.41) is 2.87. The van der Waals surface area contributed by atoms with Gasteiger partial charge in [-0.15, -0.1) is 0 Å². The number of amides is 2. The molecule has 1 N–H and O–H groups in total. The van der Waals surface area contributed by atoms with Crippen LogP contribution in [-0.2, 0) is 32.8 Å². The molecule has 2 amide bonds. The zero-order valence-electron chi connectivity index (χ0n) is 24.2. The summed E-state index contributed by atoms with van der Waals surface area (Å²) in [6.45, 7) is 6.03. The molecule has 0 saturated carbocycles. The first-order valence-corrected chi connectivity index (χ1v) is 15.3. The highest BCUT2D eigenvalue weighted by Crippen LogP contribution is 2.23. The monoisotopic (exact) mass is 581 g/mol. The summed E-state index contributed by atoms with van der Waals surface area (Å²) in [5.41, 5.74) is 2.06. The molecule has 0 saturated heterocycles. The van der Waals surface area contributed by atoms with Crippen molar-refractivity contribution in [2.45, 2.75) is 40.0 Å². The van der Waals surface area contributed by atoms with E-state index in [2.05, 4.69) is 5.32 Å². The van der Waals surface area contributed by atoms with Crippen LogP contribution in [0, 0.1) is 5.92 Å². The fourth-order valence-electron chi connectivity index (χ4n) is 4.07. The van der Waals surface area contributed by atoms with Crippen molar-refractivity contribution in [1.29, 1.82) is 0 Å². The fourth-order valence-corrected chi connectivity index (χ4v) is 4.92. The molecule has 10 heteroatoms. The summed E-state index contributed by atoms with van der Waals surface area (Å²) in [7, 11) is -2.29. The Kier molecular flexibility index (Phi) is 11.2. The van der Waals surface area contributed by atoms with Crippen LogP contribution in [0.25, 0.3) is 0 Å². The second kappa shape index (κ2) is 14.5. The number of carbonyl (C=O) groups is 2. The maximum absolute atomic E-state index is 13.7. The lowest BCUT2D eigenvalue weighted by molar-refractivity contribution is -0.139. The molecule has 3 aromatic carbocycles. The third-order valence-corrected chi connectivity index (χ3v) is 7.53. The Balaban J connectivity index is 1.82. The molecule has 0 unspecified atom stereocenters. The molecule has 0 heterocycles. The van der Waals surface area contributed by atoms with E-state index in [4.69, 9.17) is 9.47 Å². The molecule has 41 heavy (non-hydrogen) atoms. The Hall–Kier alpha value is -4.05. The first kappa shape index (κ1) is 31.5. The van der Waals surface area contributed by atoms with E-state index in [1.807, 2.05) is 50.2 Å². The molecule has 0 spiro atoms. The van der Waals surface area contributed by atoms with Gasteiger partial charge in [-0.25, -0.2) is 8.42 Å². The topological polar surface area (TPSA) is 105 Å². The molecule has 9 nitrogen and oxygen atoms in total. The number of nitrogens with zero attached hydrogens (tertiary/aromatic N) is 2. The van der Waals surface area contributed by atoms with Crippen molar-refractivity contribution in [2.24, 2.45) is 5.92 Å². The van der Waals surface area contributed by atoms with Crippen molar-refractivity contribution in [2.75, 3.05) is 30.8 Å². The van der Waals surface area contributed by atoms with Gasteiger partial charge in [-0.3, -0.25) is 13.9 Å². The van der Waals surface area contributed by atoms with E-state index in [-0.39, 0.29) is 18.4 Å². The number of anilines is 1. The predicted octanol–water partition coefficient (Wildman–Crippen LogP) is 4.23. The fraction of sp³-hybridized carbons (Fsp3) is 0.355. The number of benzene rings is 3. The number of ether oxygens (including phenoxy) is 2. The van der Waals surface area contributed by atoms with E-state index < -0.39 is 28.5 Å². The SMILES string of the molecule is COc1cccc(CN(C(=O)CN(c2ccc(OCc3ccccc3)cc2)S(C)(=O)=O)[C@@H](C)C(=O)NCC(C)C)c1. The third-order valence-electron chi connectivity index (χ3n) is 6.39. The third kappa shape index (κ3) is 9.53. The summed E-state index contributed by atoms with van der Waals surface area (Å²) in [5.74, 6) is 0.566. The van der Waals surface area contributed by atoms with Gasteiger partial charge in [0.2, 0.25) is 21.8 Å². The summed E-state index contributed by atoms with van der Waals surface area (Å²) < 4.78 is 37.8. The number of rotatable bonds is 14. The normalized spacial score (nSPS) is 12.0. The average molecular weight is 582 g/mol. The van der Waals surface area contributed by atoms with Crippen molar-refractivity contribution < 1.29 is 27.5 Å². The summed E-state index contributed by atoms with van der Waals surface area (Å²) in [6, 6.07) is 22.5. The van der Waals surface area contributed by atoms with E-state index in [9.17, 15) is 18.0 Å². The van der Waals surface area contributed by atoms with Gasteiger partial charge in [0, 0.05) is 13.1 Å². The number of hydrogen-bond acceptors (Lipinski definition) is 6. The molecule has 0 fully saturated rings. The van der Waals surface area contributed by atoms with Crippen LogP contribution in [0.3, 0.4) is 0 Å². The van der Waals surface area contributed by atoms with Crippen LogP contribution < -0.4 is 19.1 Å². The Morgan fingerprint density at radius 3 is 2.15 bits per heavy atom. The standard InChI is InChI=1S/C31H39N3O6S/c1-23(2)19-32-31(36)24(3)33(20-26-12-9-13-29(18-26)39-4)30(35)21-34(41(5,37)38)27-14-16-28(17-15-27)40-22-25-10-7-6-8-11-25/h6-18,23-24H,19-22H2,1-5H3,(H,32,36)/t24-/m0/s1. The number of methoxy groups -OCH3 is 1. The number of sulfonamides is 1. The predicted molar refractivity (Wildman–Crippen MR) is 160 cm³/mol. The number of hydrogen-bond donors (Lipinski definition) is 1. The van der Waals surface area contributed by atoms with E-state index >= 15 is 0 Å². The van der Waals surface area contributed by atoms with Gasteiger partial charge >= 0.3 is 0 Å². The van der Waals surface area contributed by atoms with Crippen molar-refractivity contribution in [1.82, 2.24) is 10.2 Å². The molecular formula is C31H39N3O6S. The van der Waals surface area contributed by atoms with Crippen LogP contribution in [0.1, 0.15) is 31.9 Å². The van der Waals surface area contributed by atoms with E-state index in [0.717, 1.165) is 21.7 Å². The molecule has 0 aliphatic heterocycles. The molecule has 0 radical (unpaired) electrons. The maximum Gasteiger partial charge on any atom is 0.244 e. The van der Waals surface area contributed by atoms with Crippen molar-refractivity contribution in [3.8, 4) is 11.5 Å². The minimum Gasteiger partial charge on any atom is -0.497 e. The minimum absolute atomic E-state index is 0.0934. The first-order chi connectivity index (χ1) is 19.5. The first-order valence-electron chi connectivity index (χ1n) is 13.4. The minimum atomic E-state index is -3.84. The van der Waals surface area contributed by atoms with Gasteiger partial charge in [-0.2, -0.15) is 0 Å². The number of carbonyl (C=O) groups excluding carboxylic acids is 2. The second-order valence-corrected chi connectivity index (χ2v) is 12.1. The smallest absolute Gasteiger partial charge is 0.244 e. The van der Waals surface area contributed by atoms with Crippen LogP contribution in [0.2, 0.25) is 0 Å². The molecule has 1 atom stereocenters. The average Bonchev–Trinajstić information content (AvgIpc) is 2.96. The maximum atomic E-state index is 13.7. The summed E-state index contributed by atoms with van der Waals surface area (Å²) >= 11 is 0. The Morgan fingerprint density at radius 2 is 1.54 bits per heavy atom. The Bertz CT molecular complexity index is 1390. The van der Waals surface area contributed by atoms with Crippen molar-refractivity contribution >= 4 is 27.5 Å². The van der Waals surface area contributed by atoms with Gasteiger partial charge in [-0.1, -0.05) is 56.3 Å². The quantitative estimate of drug-likeness (QED) is 0.306.